The molecule has 0 atom stereocenters. The molecule has 1 spiro atoms. The van der Waals surface area contributed by atoms with Crippen LogP contribution in [0.3, 0.4) is 0 Å². The number of nitrogens with one attached hydrogen (secondary N) is 1. The molecule has 2 heteroatoms. The molecule has 0 unspecified atom stereocenters. The SMILES string of the molecule is C=NCc1ccc(-c2ccccc2)cc1.CC1(C)c2ccccc2C2(c3ccc(-c4cccc(-c5ccccc5)c4)cc3-c3c(C=N)cccc32)c2ccccc21.Cc1ccccc1. The molecule has 2 aliphatic rings. The minimum absolute atomic E-state index is 0.127. The molecule has 2 nitrogen and oxygen atoms in total. The summed E-state index contributed by atoms with van der Waals surface area (Å²) in [5, 5.41) is 8.43. The highest BCUT2D eigenvalue weighted by Crippen LogP contribution is 2.62. The standard InChI is InChI=1S/C41H31N.C14H13N.C7H8/c1-40(2)34-17-6-8-19-36(34)41(37-20-9-7-18-35(37)40)33-23-22-30(25-32(33)39-31(26-42)16-11-21-38(39)41)29-15-10-14-28(24-29)27-12-4-3-5-13-27;1-15-11-12-7-9-14(10-8-12)13-5-3-2-4-6-13;1-7-5-3-2-4-6-7/h3-26,42H,1-2H3;2-10H,1,11H2;2-6H,1H3. The average molecular weight is 825 g/mol. The van der Waals surface area contributed by atoms with Crippen LogP contribution in [-0.2, 0) is 17.4 Å². The van der Waals surface area contributed by atoms with E-state index in [1.165, 1.54) is 95.2 Å². The smallest absolute Gasteiger partial charge is 0.0719 e. The third-order valence-corrected chi connectivity index (χ3v) is 13.0. The summed E-state index contributed by atoms with van der Waals surface area (Å²) in [7, 11) is 0. The highest BCUT2D eigenvalue weighted by Gasteiger charge is 2.53. The van der Waals surface area contributed by atoms with E-state index in [4.69, 9.17) is 5.41 Å². The molecule has 310 valence electrons. The number of nitrogens with zero attached hydrogens (tertiary/aromatic N) is 1. The molecule has 0 aromatic heterocycles. The Balaban J connectivity index is 0.000000193. The van der Waals surface area contributed by atoms with Crippen molar-refractivity contribution in [2.75, 3.05) is 0 Å². The number of aryl methyl sites for hydroxylation is 1. The van der Waals surface area contributed by atoms with Crippen LogP contribution in [0.25, 0.3) is 44.5 Å². The van der Waals surface area contributed by atoms with Gasteiger partial charge < -0.3 is 5.41 Å². The van der Waals surface area contributed by atoms with Crippen LogP contribution in [0, 0.1) is 12.3 Å². The fourth-order valence-corrected chi connectivity index (χ4v) is 9.89. The van der Waals surface area contributed by atoms with Gasteiger partial charge in [0.2, 0.25) is 0 Å². The summed E-state index contributed by atoms with van der Waals surface area (Å²) < 4.78 is 0. The van der Waals surface area contributed by atoms with E-state index < -0.39 is 5.41 Å². The number of fused-ring (bicyclic) bond motifs is 9. The van der Waals surface area contributed by atoms with Gasteiger partial charge >= 0.3 is 0 Å². The normalized spacial score (nSPS) is 13.0. The van der Waals surface area contributed by atoms with Crippen molar-refractivity contribution in [2.24, 2.45) is 4.99 Å². The summed E-state index contributed by atoms with van der Waals surface area (Å²) in [5.41, 5.74) is 20.6. The summed E-state index contributed by atoms with van der Waals surface area (Å²) in [5.74, 6) is 0. The van der Waals surface area contributed by atoms with Crippen LogP contribution >= 0.6 is 0 Å². The molecule has 0 heterocycles. The second-order valence-electron chi connectivity index (χ2n) is 17.2. The van der Waals surface area contributed by atoms with Gasteiger partial charge in [-0.25, -0.2) is 0 Å². The van der Waals surface area contributed by atoms with Gasteiger partial charge in [-0.3, -0.25) is 4.99 Å². The molecule has 1 N–H and O–H groups in total. The van der Waals surface area contributed by atoms with Gasteiger partial charge in [0.1, 0.15) is 0 Å². The van der Waals surface area contributed by atoms with Crippen molar-refractivity contribution in [1.82, 2.24) is 0 Å². The Bertz CT molecular complexity index is 3020. The Morgan fingerprint density at radius 2 is 0.875 bits per heavy atom. The van der Waals surface area contributed by atoms with Crippen molar-refractivity contribution in [3.8, 4) is 44.5 Å². The fourth-order valence-electron chi connectivity index (χ4n) is 9.89. The van der Waals surface area contributed by atoms with Crippen LogP contribution in [-0.4, -0.2) is 12.9 Å². The third kappa shape index (κ3) is 7.62. The Morgan fingerprint density at radius 3 is 1.42 bits per heavy atom. The van der Waals surface area contributed by atoms with Crippen molar-refractivity contribution in [3.63, 3.8) is 0 Å². The number of rotatable bonds is 6. The van der Waals surface area contributed by atoms with Gasteiger partial charge in [-0.2, -0.15) is 0 Å². The van der Waals surface area contributed by atoms with Crippen molar-refractivity contribution >= 4 is 12.9 Å². The zero-order valence-electron chi connectivity index (χ0n) is 36.8. The fraction of sp³-hybridized carbons (Fsp3) is 0.0968. The summed E-state index contributed by atoms with van der Waals surface area (Å²) in [4.78, 5) is 3.86. The van der Waals surface area contributed by atoms with Crippen LogP contribution < -0.4 is 0 Å². The average Bonchev–Trinajstić information content (AvgIpc) is 3.65. The minimum atomic E-state index is -0.448. The first-order valence-corrected chi connectivity index (χ1v) is 22.1. The molecular weight excluding hydrogens is 773 g/mol. The molecule has 9 aromatic rings. The molecule has 2 aliphatic carbocycles. The van der Waals surface area contributed by atoms with E-state index in [0.717, 1.165) is 5.56 Å². The van der Waals surface area contributed by atoms with Gasteiger partial charge in [-0.15, -0.1) is 0 Å². The molecule has 0 saturated carbocycles. The molecular formula is C62H52N2. The third-order valence-electron chi connectivity index (χ3n) is 13.0. The van der Waals surface area contributed by atoms with E-state index >= 15 is 0 Å². The van der Waals surface area contributed by atoms with Crippen LogP contribution in [0.5, 0.6) is 0 Å². The minimum Gasteiger partial charge on any atom is -0.308 e. The first-order chi connectivity index (χ1) is 31.3. The maximum absolute atomic E-state index is 8.43. The predicted octanol–water partition coefficient (Wildman–Crippen LogP) is 15.6. The Kier molecular flexibility index (Phi) is 11.7. The lowest BCUT2D eigenvalue weighted by Crippen LogP contribution is -2.40. The Labute approximate surface area is 378 Å². The topological polar surface area (TPSA) is 36.2 Å². The molecule has 0 saturated heterocycles. The molecule has 0 radical (unpaired) electrons. The number of benzene rings is 9. The lowest BCUT2D eigenvalue weighted by Gasteiger charge is -2.46. The Morgan fingerprint density at radius 1 is 0.438 bits per heavy atom. The first-order valence-electron chi connectivity index (χ1n) is 22.1. The quantitative estimate of drug-likeness (QED) is 0.162. The van der Waals surface area contributed by atoms with Crippen LogP contribution in [0.1, 0.15) is 63.9 Å². The number of aliphatic imine (C=N–C) groups is 1. The summed E-state index contributed by atoms with van der Waals surface area (Å²) in [6.45, 7) is 11.0. The lowest BCUT2D eigenvalue weighted by atomic mass is 9.55. The van der Waals surface area contributed by atoms with Crippen molar-refractivity contribution in [1.29, 1.82) is 5.41 Å². The van der Waals surface area contributed by atoms with Crippen molar-refractivity contribution in [2.45, 2.75) is 38.1 Å². The highest BCUT2D eigenvalue weighted by atomic mass is 14.7. The second kappa shape index (κ2) is 18.0. The molecule has 9 aromatic carbocycles. The van der Waals surface area contributed by atoms with Gasteiger partial charge in [-0.1, -0.05) is 232 Å². The molecule has 64 heavy (non-hydrogen) atoms. The molecule has 0 fully saturated rings. The number of hydrogen-bond donors (Lipinski definition) is 1. The molecule has 0 bridgehead atoms. The van der Waals surface area contributed by atoms with Gasteiger partial charge in [0.25, 0.3) is 0 Å². The van der Waals surface area contributed by atoms with E-state index in [2.05, 4.69) is 233 Å². The zero-order valence-corrected chi connectivity index (χ0v) is 36.8. The van der Waals surface area contributed by atoms with Gasteiger partial charge in [0.05, 0.1) is 12.0 Å². The van der Waals surface area contributed by atoms with E-state index in [1.54, 1.807) is 0 Å². The van der Waals surface area contributed by atoms with Crippen LogP contribution in [0.15, 0.2) is 229 Å². The largest absolute Gasteiger partial charge is 0.308 e. The maximum Gasteiger partial charge on any atom is 0.0719 e. The van der Waals surface area contributed by atoms with Gasteiger partial charge in [0, 0.05) is 17.2 Å². The van der Waals surface area contributed by atoms with E-state index in [-0.39, 0.29) is 5.41 Å². The van der Waals surface area contributed by atoms with E-state index in [9.17, 15) is 0 Å². The zero-order chi connectivity index (χ0) is 44.1. The van der Waals surface area contributed by atoms with Crippen LogP contribution in [0.4, 0.5) is 0 Å². The summed E-state index contributed by atoms with van der Waals surface area (Å²) in [6.07, 6.45) is 1.52. The van der Waals surface area contributed by atoms with Crippen molar-refractivity contribution in [3.05, 3.63) is 275 Å². The van der Waals surface area contributed by atoms with E-state index in [0.29, 0.717) is 6.54 Å². The summed E-state index contributed by atoms with van der Waals surface area (Å²) in [6, 6.07) is 80.0. The molecule has 11 rings (SSSR count). The van der Waals surface area contributed by atoms with E-state index in [1.807, 2.05) is 24.3 Å². The molecule has 0 amide bonds. The number of hydrogen-bond acceptors (Lipinski definition) is 2. The van der Waals surface area contributed by atoms with Crippen LogP contribution in [0.2, 0.25) is 0 Å². The lowest BCUT2D eigenvalue weighted by molar-refractivity contribution is 0.563. The maximum atomic E-state index is 8.43. The monoisotopic (exact) mass is 824 g/mol. The molecule has 0 aliphatic heterocycles. The van der Waals surface area contributed by atoms with Gasteiger partial charge in [0.15, 0.2) is 0 Å². The highest BCUT2D eigenvalue weighted by molar-refractivity contribution is 5.99. The van der Waals surface area contributed by atoms with Crippen molar-refractivity contribution < 1.29 is 0 Å². The Hall–Kier alpha value is -7.68. The first kappa shape index (κ1) is 41.7. The van der Waals surface area contributed by atoms with Gasteiger partial charge in [-0.05, 0) is 109 Å². The second-order valence-corrected chi connectivity index (χ2v) is 17.2. The predicted molar refractivity (Wildman–Crippen MR) is 271 cm³/mol. The summed E-state index contributed by atoms with van der Waals surface area (Å²) >= 11 is 0.